The molecular formula is C56H69ClF3N7O6S3. The molecule has 410 valence electrons. The predicted octanol–water partition coefficient (Wildman–Crippen LogP) is 10.0. The first kappa shape index (κ1) is 56.1. The van der Waals surface area contributed by atoms with Crippen molar-refractivity contribution in [2.24, 2.45) is 11.3 Å². The van der Waals surface area contributed by atoms with Gasteiger partial charge in [0.25, 0.3) is 31.7 Å². The van der Waals surface area contributed by atoms with Crippen LogP contribution in [-0.2, 0) is 24.7 Å². The topological polar surface area (TPSA) is 143 Å². The van der Waals surface area contributed by atoms with Crippen LogP contribution in [0.4, 0.5) is 30.2 Å². The largest absolute Gasteiger partial charge is 0.501 e. The molecule has 5 aliphatic rings. The summed E-state index contributed by atoms with van der Waals surface area (Å²) in [4.78, 5) is 38.3. The van der Waals surface area contributed by atoms with Crippen molar-refractivity contribution in [3.05, 3.63) is 113 Å². The number of anilines is 3. The molecule has 13 nitrogen and oxygen atoms in total. The van der Waals surface area contributed by atoms with Crippen LogP contribution in [0.5, 0.6) is 0 Å². The molecule has 0 radical (unpaired) electrons. The van der Waals surface area contributed by atoms with Gasteiger partial charge in [-0.3, -0.25) is 19.4 Å². The van der Waals surface area contributed by atoms with E-state index < -0.39 is 58.8 Å². The molecule has 2 amide bonds. The number of allylic oxidation sites excluding steroid dienone is 1. The Morgan fingerprint density at radius 1 is 0.855 bits per heavy atom. The van der Waals surface area contributed by atoms with E-state index in [2.05, 4.69) is 71.7 Å². The Labute approximate surface area is 455 Å². The van der Waals surface area contributed by atoms with Crippen molar-refractivity contribution in [2.75, 3.05) is 86.3 Å². The number of carbonyl (C=O) groups is 2. The highest BCUT2D eigenvalue weighted by atomic mass is 35.5. The van der Waals surface area contributed by atoms with Gasteiger partial charge in [-0.15, -0.1) is 11.8 Å². The summed E-state index contributed by atoms with van der Waals surface area (Å²) in [6.45, 7) is 17.7. The number of sulfone groups is 1. The van der Waals surface area contributed by atoms with Crippen LogP contribution in [0.1, 0.15) is 89.1 Å². The van der Waals surface area contributed by atoms with Crippen LogP contribution in [0.3, 0.4) is 0 Å². The summed E-state index contributed by atoms with van der Waals surface area (Å²) in [5.41, 5.74) is -1.11. The van der Waals surface area contributed by atoms with Crippen molar-refractivity contribution in [2.45, 2.75) is 111 Å². The van der Waals surface area contributed by atoms with Crippen molar-refractivity contribution in [3.63, 3.8) is 0 Å². The molecule has 0 bridgehead atoms. The van der Waals surface area contributed by atoms with Gasteiger partial charge in [0, 0.05) is 98.3 Å². The number of hydrogen-bond donors (Lipinski definition) is 2. The van der Waals surface area contributed by atoms with E-state index in [1.54, 1.807) is 11.0 Å². The van der Waals surface area contributed by atoms with Gasteiger partial charge in [0.2, 0.25) is 0 Å². The second-order valence-electron chi connectivity index (χ2n) is 22.8. The third kappa shape index (κ3) is 12.9. The minimum Gasteiger partial charge on any atom is -0.380 e. The van der Waals surface area contributed by atoms with Crippen LogP contribution in [0.15, 0.2) is 111 Å². The molecule has 4 aromatic carbocycles. The fourth-order valence-corrected chi connectivity index (χ4v) is 14.1. The smallest absolute Gasteiger partial charge is 0.380 e. The van der Waals surface area contributed by atoms with Gasteiger partial charge in [-0.05, 0) is 142 Å². The number of carbonyl (C=O) groups excluding carboxylic acids is 2. The van der Waals surface area contributed by atoms with E-state index >= 15 is 0 Å². The van der Waals surface area contributed by atoms with E-state index in [9.17, 15) is 39.6 Å². The number of halogens is 4. The molecule has 2 unspecified atom stereocenters. The summed E-state index contributed by atoms with van der Waals surface area (Å²) in [5.74, 6) is -0.586. The number of piperazine rings is 2. The van der Waals surface area contributed by atoms with Gasteiger partial charge in [-0.2, -0.15) is 13.2 Å². The summed E-state index contributed by atoms with van der Waals surface area (Å²) in [6.07, 6.45) is 5.28. The number of fused-ring (bicyclic) bond motifs is 3. The van der Waals surface area contributed by atoms with Gasteiger partial charge < -0.3 is 20.0 Å². The SMILES string of the molecule is CC1(C)CCC(c2ccc(Cl)cc2)=C(CN2CCN3c4ccc(C(=O)NS(=O)(=O)c5ccc(NC(CCN6CCN(C(C)(C)C)CC6)CSc6ccccc6)c(S(=O)(=O)C(F)(F)F)c5)cc4N(CC4CC4)C(=O)C3C2)C1. The minimum atomic E-state index is -6.12. The zero-order valence-electron chi connectivity index (χ0n) is 43.8. The Hall–Kier alpha value is -4.63. The van der Waals surface area contributed by atoms with Gasteiger partial charge in [-0.1, -0.05) is 61.4 Å². The number of thioether (sulfide) groups is 1. The molecule has 4 aromatic rings. The van der Waals surface area contributed by atoms with Gasteiger partial charge in [0.05, 0.1) is 22.0 Å². The van der Waals surface area contributed by atoms with Gasteiger partial charge in [0.15, 0.2) is 0 Å². The molecule has 2 saturated heterocycles. The zero-order valence-corrected chi connectivity index (χ0v) is 47.0. The fourth-order valence-electron chi connectivity index (χ4n) is 11.0. The van der Waals surface area contributed by atoms with Crippen molar-refractivity contribution in [1.29, 1.82) is 0 Å². The Morgan fingerprint density at radius 3 is 2.22 bits per heavy atom. The van der Waals surface area contributed by atoms with Crippen LogP contribution in [0, 0.1) is 11.3 Å². The third-order valence-electron chi connectivity index (χ3n) is 15.5. The second kappa shape index (κ2) is 22.2. The van der Waals surface area contributed by atoms with E-state index in [0.717, 1.165) is 93.1 Å². The van der Waals surface area contributed by atoms with E-state index in [1.165, 1.54) is 35.0 Å². The molecular weight excluding hydrogens is 1060 g/mol. The Bertz CT molecular complexity index is 3050. The molecule has 2 aliphatic carbocycles. The van der Waals surface area contributed by atoms with Crippen molar-refractivity contribution in [3.8, 4) is 0 Å². The Kier molecular flexibility index (Phi) is 16.4. The first-order chi connectivity index (χ1) is 35.8. The van der Waals surface area contributed by atoms with Crippen molar-refractivity contribution in [1.82, 2.24) is 19.4 Å². The first-order valence-electron chi connectivity index (χ1n) is 26.2. The van der Waals surface area contributed by atoms with Gasteiger partial charge in [0.1, 0.15) is 10.9 Å². The lowest BCUT2D eigenvalue weighted by Crippen LogP contribution is -2.63. The number of hydrogen-bond acceptors (Lipinski definition) is 12. The highest BCUT2D eigenvalue weighted by molar-refractivity contribution is 7.99. The average molecular weight is 1120 g/mol. The number of nitrogens with one attached hydrogen (secondary N) is 2. The highest BCUT2D eigenvalue weighted by Gasteiger charge is 2.49. The van der Waals surface area contributed by atoms with Gasteiger partial charge in [-0.25, -0.2) is 21.6 Å². The predicted molar refractivity (Wildman–Crippen MR) is 296 cm³/mol. The van der Waals surface area contributed by atoms with Crippen LogP contribution in [0.2, 0.25) is 5.02 Å². The number of nitrogens with zero attached hydrogens (tertiary/aromatic N) is 5. The maximum atomic E-state index is 14.7. The molecule has 2 atom stereocenters. The number of benzene rings is 4. The molecule has 3 fully saturated rings. The average Bonchev–Trinajstić information content (AvgIpc) is 4.22. The molecule has 0 spiro atoms. The summed E-state index contributed by atoms with van der Waals surface area (Å²) < 4.78 is 100. The molecule has 1 saturated carbocycles. The molecule has 20 heteroatoms. The van der Waals surface area contributed by atoms with E-state index in [4.69, 9.17) is 11.6 Å². The Morgan fingerprint density at radius 2 is 1.55 bits per heavy atom. The molecule has 3 heterocycles. The van der Waals surface area contributed by atoms with Crippen molar-refractivity contribution >= 4 is 77.7 Å². The van der Waals surface area contributed by atoms with Crippen LogP contribution < -0.4 is 19.8 Å². The molecule has 76 heavy (non-hydrogen) atoms. The summed E-state index contributed by atoms with van der Waals surface area (Å²) >= 11 is 7.72. The number of rotatable bonds is 17. The molecule has 2 N–H and O–H groups in total. The monoisotopic (exact) mass is 1120 g/mol. The lowest BCUT2D eigenvalue weighted by atomic mass is 9.72. The summed E-state index contributed by atoms with van der Waals surface area (Å²) in [5, 5.41) is 3.74. The maximum absolute atomic E-state index is 14.7. The third-order valence-corrected chi connectivity index (χ3v) is 19.8. The number of amides is 2. The fraction of sp³-hybridized carbons (Fsp3) is 0.500. The first-order valence-corrected chi connectivity index (χ1v) is 30.5. The quantitative estimate of drug-likeness (QED) is 0.0972. The maximum Gasteiger partial charge on any atom is 0.501 e. The van der Waals surface area contributed by atoms with Crippen LogP contribution in [0.25, 0.3) is 5.57 Å². The molecule has 3 aliphatic heterocycles. The second-order valence-corrected chi connectivity index (χ2v) is 27.9. The lowest BCUT2D eigenvalue weighted by molar-refractivity contribution is -0.121. The van der Waals surface area contributed by atoms with E-state index in [1.807, 2.05) is 47.2 Å². The lowest BCUT2D eigenvalue weighted by Gasteiger charge is -2.49. The molecule has 0 aromatic heterocycles. The van der Waals surface area contributed by atoms with Crippen LogP contribution in [-0.4, -0.2) is 138 Å². The summed E-state index contributed by atoms with van der Waals surface area (Å²) in [6, 6.07) is 23.5. The standard InChI is InChI=1S/C56H69ClF3N7O6S3/c1-54(2,3)65-28-25-63(26-29-65)24-22-43(37-74-44-9-7-6-8-10-44)61-47-19-18-45(32-51(47)75(70,71)56(58,59)60)76(72,73)62-52(68)40-15-20-48-49(31-40)67(34-38-11-12-38)53(69)50-36-64(27-30-66(48)50)35-41-33-55(4,5)23-21-46(41)39-13-16-42(57)17-14-39/h6-10,13-20,31-32,38,43,50,61H,11-12,21-30,33-37H2,1-5H3,(H,62,68). The summed E-state index contributed by atoms with van der Waals surface area (Å²) in [7, 11) is -11.1. The van der Waals surface area contributed by atoms with Gasteiger partial charge >= 0.3 is 5.51 Å². The normalized spacial score (nSPS) is 20.5. The highest BCUT2D eigenvalue weighted by Crippen LogP contribution is 2.45. The molecule has 9 rings (SSSR count). The number of alkyl halides is 3. The Balaban J connectivity index is 0.939. The zero-order chi connectivity index (χ0) is 54.4. The van der Waals surface area contributed by atoms with Crippen molar-refractivity contribution < 1.29 is 39.6 Å². The number of sulfonamides is 1. The van der Waals surface area contributed by atoms with E-state index in [0.29, 0.717) is 61.7 Å². The van der Waals surface area contributed by atoms with E-state index in [-0.39, 0.29) is 28.3 Å². The van der Waals surface area contributed by atoms with Crippen LogP contribution >= 0.6 is 23.4 Å². The minimum absolute atomic E-state index is 0.00380.